The number of hydrogen-bond acceptors (Lipinski definition) is 3. The Hall–Kier alpha value is -5.74. The van der Waals surface area contributed by atoms with Crippen LogP contribution in [0, 0.1) is 0 Å². The van der Waals surface area contributed by atoms with Crippen LogP contribution in [0.25, 0.3) is 38.1 Å². The maximum absolute atomic E-state index is 15.0. The van der Waals surface area contributed by atoms with Gasteiger partial charge in [0.15, 0.2) is 10.9 Å². The first kappa shape index (κ1) is 24.8. The highest BCUT2D eigenvalue weighted by Crippen LogP contribution is 2.56. The lowest BCUT2D eigenvalue weighted by Gasteiger charge is -2.44. The zero-order valence-corrected chi connectivity index (χ0v) is 24.0. The van der Waals surface area contributed by atoms with Crippen LogP contribution < -0.4 is 15.8 Å². The van der Waals surface area contributed by atoms with Crippen molar-refractivity contribution in [2.45, 2.75) is 12.3 Å². The van der Waals surface area contributed by atoms with Gasteiger partial charge in [-0.15, -0.1) is 0 Å². The molecule has 8 aromatic rings. The van der Waals surface area contributed by atoms with Crippen LogP contribution in [0.3, 0.4) is 0 Å². The number of anilines is 3. The lowest BCUT2D eigenvalue weighted by Crippen LogP contribution is -2.35. The summed E-state index contributed by atoms with van der Waals surface area (Å²) in [6, 6.07) is 46.8. The van der Waals surface area contributed by atoms with E-state index in [4.69, 9.17) is 0 Å². The predicted octanol–water partition coefficient (Wildman–Crippen LogP) is 8.69. The summed E-state index contributed by atoms with van der Waals surface area (Å²) in [5.41, 5.74) is 7.75. The maximum Gasteiger partial charge on any atom is 0.197 e. The van der Waals surface area contributed by atoms with E-state index in [1.54, 1.807) is 0 Å². The van der Waals surface area contributed by atoms with Crippen LogP contribution in [0.5, 0.6) is 0 Å². The zero-order valence-electron chi connectivity index (χ0n) is 24.0. The van der Waals surface area contributed by atoms with Crippen molar-refractivity contribution >= 4 is 55.2 Å². The molecular weight excluding hydrogens is 540 g/mol. The fourth-order valence-corrected chi connectivity index (χ4v) is 7.63. The summed E-state index contributed by atoms with van der Waals surface area (Å²) >= 11 is 0. The van der Waals surface area contributed by atoms with Crippen molar-refractivity contribution in [3.05, 3.63) is 177 Å². The first-order valence-electron chi connectivity index (χ1n) is 14.9. The lowest BCUT2D eigenvalue weighted by atomic mass is 9.66. The Balaban J connectivity index is 1.57. The number of para-hydroxylation sites is 4. The van der Waals surface area contributed by atoms with Crippen LogP contribution in [0.4, 0.5) is 17.1 Å². The summed E-state index contributed by atoms with van der Waals surface area (Å²) in [4.78, 5) is 30.9. The first-order chi connectivity index (χ1) is 21.6. The number of pyridine rings is 2. The molecular formula is C40H26N2O2. The van der Waals surface area contributed by atoms with Gasteiger partial charge in [-0.3, -0.25) is 9.59 Å². The number of hydrogen-bond donors (Lipinski definition) is 0. The minimum atomic E-state index is -0.653. The second kappa shape index (κ2) is 8.88. The summed E-state index contributed by atoms with van der Waals surface area (Å²) in [6.45, 7) is 2.25. The molecule has 0 radical (unpaired) electrons. The topological polar surface area (TPSA) is 41.8 Å². The maximum atomic E-state index is 15.0. The standard InChI is InChI=1S/C40H26N2O2/c1-40(25-13-4-2-5-14-25)30-20-9-11-22-32(30)41(26-15-6-3-7-16-26)34-24-23-33-35(36(34)40)39(44)29-19-12-18-28-37(29)42(33)31-21-10-8-17-27(31)38(28)43/h2-24H,1H3. The molecule has 0 saturated carbocycles. The van der Waals surface area contributed by atoms with Gasteiger partial charge >= 0.3 is 0 Å². The predicted molar refractivity (Wildman–Crippen MR) is 180 cm³/mol. The fraction of sp³-hybridized carbons (Fsp3) is 0.0500. The van der Waals surface area contributed by atoms with E-state index < -0.39 is 5.41 Å². The third-order valence-electron chi connectivity index (χ3n) is 9.56. The molecule has 3 heterocycles. The summed E-state index contributed by atoms with van der Waals surface area (Å²) in [5, 5.41) is 2.40. The van der Waals surface area contributed by atoms with Gasteiger partial charge in [0.05, 0.1) is 33.3 Å². The van der Waals surface area contributed by atoms with Gasteiger partial charge in [0.2, 0.25) is 0 Å². The van der Waals surface area contributed by atoms with E-state index in [2.05, 4.69) is 89.0 Å². The highest BCUT2D eigenvalue weighted by molar-refractivity contribution is 6.10. The van der Waals surface area contributed by atoms with Gasteiger partial charge in [-0.25, -0.2) is 0 Å². The minimum Gasteiger partial charge on any atom is -0.310 e. The Morgan fingerprint density at radius 1 is 0.523 bits per heavy atom. The molecule has 1 aliphatic rings. The van der Waals surface area contributed by atoms with Crippen LogP contribution in [-0.4, -0.2) is 4.40 Å². The molecule has 0 saturated heterocycles. The zero-order chi connectivity index (χ0) is 29.6. The molecule has 0 aliphatic carbocycles. The summed E-state index contributed by atoms with van der Waals surface area (Å²) in [5.74, 6) is 0. The highest BCUT2D eigenvalue weighted by atomic mass is 16.1. The van der Waals surface area contributed by atoms with E-state index in [0.29, 0.717) is 27.1 Å². The van der Waals surface area contributed by atoms with Crippen molar-refractivity contribution in [3.63, 3.8) is 0 Å². The molecule has 9 rings (SSSR count). The lowest BCUT2D eigenvalue weighted by molar-refractivity contribution is 0.687. The monoisotopic (exact) mass is 566 g/mol. The van der Waals surface area contributed by atoms with Crippen molar-refractivity contribution in [1.82, 2.24) is 4.40 Å². The van der Waals surface area contributed by atoms with E-state index in [1.807, 2.05) is 66.7 Å². The highest BCUT2D eigenvalue weighted by Gasteiger charge is 2.43. The molecule has 0 fully saturated rings. The van der Waals surface area contributed by atoms with Gasteiger partial charge in [0.25, 0.3) is 0 Å². The Labute approximate surface area is 253 Å². The molecule has 0 bridgehead atoms. The van der Waals surface area contributed by atoms with Crippen molar-refractivity contribution in [2.24, 2.45) is 0 Å². The van der Waals surface area contributed by atoms with Crippen molar-refractivity contribution in [2.75, 3.05) is 4.90 Å². The average molecular weight is 567 g/mol. The number of benzene rings is 6. The summed E-state index contributed by atoms with van der Waals surface area (Å²) < 4.78 is 2.14. The molecule has 1 unspecified atom stereocenters. The molecule has 44 heavy (non-hydrogen) atoms. The summed E-state index contributed by atoms with van der Waals surface area (Å²) in [7, 11) is 0. The van der Waals surface area contributed by atoms with Gasteiger partial charge in [-0.05, 0) is 72.6 Å². The van der Waals surface area contributed by atoms with Gasteiger partial charge in [-0.2, -0.15) is 0 Å². The molecule has 1 atom stereocenters. The van der Waals surface area contributed by atoms with E-state index in [1.165, 1.54) is 0 Å². The van der Waals surface area contributed by atoms with Crippen LogP contribution in [0.2, 0.25) is 0 Å². The molecule has 1 aliphatic heterocycles. The van der Waals surface area contributed by atoms with Crippen LogP contribution in [0.15, 0.2) is 149 Å². The van der Waals surface area contributed by atoms with E-state index >= 15 is 0 Å². The molecule has 0 amide bonds. The van der Waals surface area contributed by atoms with E-state index in [-0.39, 0.29) is 10.9 Å². The van der Waals surface area contributed by atoms with Crippen LogP contribution >= 0.6 is 0 Å². The third kappa shape index (κ3) is 3.07. The van der Waals surface area contributed by atoms with Crippen molar-refractivity contribution in [3.8, 4) is 0 Å². The SMILES string of the molecule is CC1(c2ccccc2)c2ccccc2N(c2ccccc2)c2ccc3c(c21)c(=O)c1cccc2c(=O)c4ccccc4n3c21. The normalized spacial score (nSPS) is 16.1. The third-order valence-corrected chi connectivity index (χ3v) is 9.56. The Bertz CT molecular complexity index is 2560. The number of nitrogens with zero attached hydrogens (tertiary/aromatic N) is 2. The molecule has 208 valence electrons. The van der Waals surface area contributed by atoms with Crippen LogP contribution in [0.1, 0.15) is 23.6 Å². The van der Waals surface area contributed by atoms with Crippen LogP contribution in [-0.2, 0) is 5.41 Å². The molecule has 6 aromatic carbocycles. The number of fused-ring (bicyclic) bond motifs is 7. The second-order valence-electron chi connectivity index (χ2n) is 11.7. The number of aromatic nitrogens is 1. The first-order valence-corrected chi connectivity index (χ1v) is 14.9. The quantitative estimate of drug-likeness (QED) is 0.155. The average Bonchev–Trinajstić information content (AvgIpc) is 3.08. The number of rotatable bonds is 2. The molecule has 0 N–H and O–H groups in total. The molecule has 2 aromatic heterocycles. The van der Waals surface area contributed by atoms with Gasteiger partial charge in [-0.1, -0.05) is 84.9 Å². The summed E-state index contributed by atoms with van der Waals surface area (Å²) in [6.07, 6.45) is 0. The molecule has 4 nitrogen and oxygen atoms in total. The van der Waals surface area contributed by atoms with Crippen molar-refractivity contribution < 1.29 is 0 Å². The van der Waals surface area contributed by atoms with Gasteiger partial charge in [0, 0.05) is 32.8 Å². The second-order valence-corrected chi connectivity index (χ2v) is 11.7. The largest absolute Gasteiger partial charge is 0.310 e. The van der Waals surface area contributed by atoms with Crippen molar-refractivity contribution in [1.29, 1.82) is 0 Å². The fourth-order valence-electron chi connectivity index (χ4n) is 7.63. The van der Waals surface area contributed by atoms with Gasteiger partial charge < -0.3 is 9.30 Å². The minimum absolute atomic E-state index is 0.0544. The molecule has 4 heteroatoms. The smallest absolute Gasteiger partial charge is 0.197 e. The molecule has 0 spiro atoms. The van der Waals surface area contributed by atoms with E-state index in [0.717, 1.165) is 44.8 Å². The Morgan fingerprint density at radius 3 is 1.95 bits per heavy atom. The Morgan fingerprint density at radius 2 is 1.16 bits per heavy atom. The van der Waals surface area contributed by atoms with Gasteiger partial charge in [0.1, 0.15) is 0 Å². The Kier molecular flexibility index (Phi) is 5.01. The van der Waals surface area contributed by atoms with E-state index in [9.17, 15) is 9.59 Å².